The minimum atomic E-state index is -0.865. The number of hydrogen-bond donors (Lipinski definition) is 1. The van der Waals surface area contributed by atoms with Gasteiger partial charge >= 0.3 is 5.69 Å². The molecule has 32 heavy (non-hydrogen) atoms. The van der Waals surface area contributed by atoms with E-state index in [1.165, 1.54) is 11.6 Å². The molecular formula is C23H31N5O4. The van der Waals surface area contributed by atoms with Crippen LogP contribution in [0.2, 0.25) is 0 Å². The highest BCUT2D eigenvalue weighted by Gasteiger charge is 2.26. The van der Waals surface area contributed by atoms with Crippen LogP contribution in [0, 0.1) is 12.8 Å². The molecule has 1 aromatic carbocycles. The smallest absolute Gasteiger partial charge is 0.332 e. The molecule has 0 spiro atoms. The van der Waals surface area contributed by atoms with Crippen LogP contribution in [0.1, 0.15) is 25.3 Å². The monoisotopic (exact) mass is 441 g/mol. The second-order valence-corrected chi connectivity index (χ2v) is 8.88. The van der Waals surface area contributed by atoms with Crippen LogP contribution in [0.5, 0.6) is 5.75 Å². The van der Waals surface area contributed by atoms with E-state index < -0.39 is 17.4 Å². The van der Waals surface area contributed by atoms with Crippen LogP contribution in [0.4, 0.5) is 5.95 Å². The molecule has 0 radical (unpaired) electrons. The fourth-order valence-corrected chi connectivity index (χ4v) is 4.38. The van der Waals surface area contributed by atoms with Crippen molar-refractivity contribution < 1.29 is 9.84 Å². The normalized spacial score (nSPS) is 17.7. The predicted octanol–water partition coefficient (Wildman–Crippen LogP) is 1.42. The van der Waals surface area contributed by atoms with E-state index in [0.717, 1.165) is 36.1 Å². The van der Waals surface area contributed by atoms with E-state index in [9.17, 15) is 14.7 Å². The van der Waals surface area contributed by atoms with Gasteiger partial charge in [0.05, 0.1) is 6.54 Å². The number of aliphatic hydroxyl groups is 1. The summed E-state index contributed by atoms with van der Waals surface area (Å²) in [6.07, 6.45) is 1.31. The molecule has 3 heterocycles. The number of fused-ring (bicyclic) bond motifs is 1. The van der Waals surface area contributed by atoms with Gasteiger partial charge in [-0.1, -0.05) is 19.1 Å². The molecule has 3 aromatic rings. The number of nitrogens with zero attached hydrogens (tertiary/aromatic N) is 5. The Morgan fingerprint density at radius 3 is 2.75 bits per heavy atom. The Labute approximate surface area is 186 Å². The first-order valence-electron chi connectivity index (χ1n) is 11.0. The largest absolute Gasteiger partial charge is 0.491 e. The lowest BCUT2D eigenvalue weighted by Gasteiger charge is -2.32. The molecule has 2 atom stereocenters. The molecule has 0 aliphatic carbocycles. The molecule has 0 saturated carbocycles. The van der Waals surface area contributed by atoms with Gasteiger partial charge in [-0.2, -0.15) is 4.98 Å². The highest BCUT2D eigenvalue weighted by atomic mass is 16.5. The van der Waals surface area contributed by atoms with Gasteiger partial charge in [0.1, 0.15) is 18.5 Å². The average molecular weight is 442 g/mol. The van der Waals surface area contributed by atoms with Crippen LogP contribution >= 0.6 is 0 Å². The SMILES string of the molecule is Cc1cccc(OCC(O)Cn2c(N3CCCC(C)C3)nc3c2c(=O)n(C)c(=O)n3C)c1. The lowest BCUT2D eigenvalue weighted by Crippen LogP contribution is -2.39. The molecule has 4 rings (SSSR count). The fraction of sp³-hybridized carbons (Fsp3) is 0.522. The van der Waals surface area contributed by atoms with E-state index >= 15 is 0 Å². The van der Waals surface area contributed by atoms with Gasteiger partial charge in [0.25, 0.3) is 5.56 Å². The quantitative estimate of drug-likeness (QED) is 0.622. The summed E-state index contributed by atoms with van der Waals surface area (Å²) in [6.45, 7) is 6.01. The van der Waals surface area contributed by atoms with Crippen LogP contribution in [0.3, 0.4) is 0 Å². The van der Waals surface area contributed by atoms with Gasteiger partial charge in [0.15, 0.2) is 11.2 Å². The van der Waals surface area contributed by atoms with Gasteiger partial charge in [-0.15, -0.1) is 0 Å². The molecular weight excluding hydrogens is 410 g/mol. The van der Waals surface area contributed by atoms with E-state index in [1.807, 2.05) is 31.2 Å². The molecule has 1 fully saturated rings. The zero-order valence-corrected chi connectivity index (χ0v) is 19.1. The number of aromatic nitrogens is 4. The molecule has 1 N–H and O–H groups in total. The van der Waals surface area contributed by atoms with Crippen LogP contribution < -0.4 is 20.9 Å². The summed E-state index contributed by atoms with van der Waals surface area (Å²) in [7, 11) is 3.07. The van der Waals surface area contributed by atoms with Crippen LogP contribution in [-0.4, -0.2) is 49.6 Å². The lowest BCUT2D eigenvalue weighted by atomic mass is 10.0. The summed E-state index contributed by atoms with van der Waals surface area (Å²) in [6, 6.07) is 7.64. The zero-order chi connectivity index (χ0) is 23.0. The van der Waals surface area contributed by atoms with E-state index in [4.69, 9.17) is 9.72 Å². The highest BCUT2D eigenvalue weighted by molar-refractivity contribution is 5.74. The topological polar surface area (TPSA) is 94.5 Å². The maximum atomic E-state index is 13.0. The van der Waals surface area contributed by atoms with Crippen molar-refractivity contribution in [1.82, 2.24) is 18.7 Å². The second-order valence-electron chi connectivity index (χ2n) is 8.88. The summed E-state index contributed by atoms with van der Waals surface area (Å²) >= 11 is 0. The van der Waals surface area contributed by atoms with Gasteiger partial charge in [0, 0.05) is 27.2 Å². The maximum absolute atomic E-state index is 13.0. The van der Waals surface area contributed by atoms with E-state index in [1.54, 1.807) is 11.6 Å². The number of ether oxygens (including phenoxy) is 1. The predicted molar refractivity (Wildman–Crippen MR) is 124 cm³/mol. The fourth-order valence-electron chi connectivity index (χ4n) is 4.38. The highest BCUT2D eigenvalue weighted by Crippen LogP contribution is 2.25. The van der Waals surface area contributed by atoms with Crippen molar-refractivity contribution in [3.63, 3.8) is 0 Å². The standard InChI is InChI=1S/C23H31N5O4/c1-15-7-5-9-18(11-15)32-14-17(29)13-28-19-20(25(3)23(31)26(4)21(19)30)24-22(28)27-10-6-8-16(2)12-27/h5,7,9,11,16-17,29H,6,8,10,12-14H2,1-4H3. The van der Waals surface area contributed by atoms with E-state index in [0.29, 0.717) is 28.8 Å². The van der Waals surface area contributed by atoms with Crippen molar-refractivity contribution in [2.45, 2.75) is 39.3 Å². The Bertz CT molecular complexity index is 1240. The summed E-state index contributed by atoms with van der Waals surface area (Å²) < 4.78 is 9.99. The lowest BCUT2D eigenvalue weighted by molar-refractivity contribution is 0.0935. The zero-order valence-electron chi connectivity index (χ0n) is 19.1. The van der Waals surface area contributed by atoms with Crippen LogP contribution in [0.25, 0.3) is 11.2 Å². The average Bonchev–Trinajstić information content (AvgIpc) is 3.14. The summed E-state index contributed by atoms with van der Waals surface area (Å²) in [5.74, 6) is 1.79. The Morgan fingerprint density at radius 2 is 2.03 bits per heavy atom. The van der Waals surface area contributed by atoms with Gasteiger partial charge in [-0.05, 0) is 43.4 Å². The molecule has 1 saturated heterocycles. The number of aliphatic hydroxyl groups excluding tert-OH is 1. The number of anilines is 1. The Balaban J connectivity index is 1.71. The molecule has 2 unspecified atom stereocenters. The Morgan fingerprint density at radius 1 is 1.25 bits per heavy atom. The van der Waals surface area contributed by atoms with Crippen molar-refractivity contribution >= 4 is 17.1 Å². The second kappa shape index (κ2) is 8.82. The molecule has 9 heteroatoms. The first-order chi connectivity index (χ1) is 15.3. The molecule has 1 aliphatic rings. The number of aryl methyl sites for hydroxylation is 2. The number of benzene rings is 1. The molecule has 9 nitrogen and oxygen atoms in total. The summed E-state index contributed by atoms with van der Waals surface area (Å²) in [4.78, 5) is 32.3. The first kappa shape index (κ1) is 22.1. The molecule has 172 valence electrons. The summed E-state index contributed by atoms with van der Waals surface area (Å²) in [5.41, 5.74) is 0.881. The number of piperidine rings is 1. The van der Waals surface area contributed by atoms with Gasteiger partial charge in [-0.25, -0.2) is 4.79 Å². The van der Waals surface area contributed by atoms with Gasteiger partial charge < -0.3 is 19.3 Å². The van der Waals surface area contributed by atoms with Crippen LogP contribution in [-0.2, 0) is 20.6 Å². The number of imidazole rings is 1. The number of hydrogen-bond acceptors (Lipinski definition) is 6. The van der Waals surface area contributed by atoms with E-state index in [-0.39, 0.29) is 13.2 Å². The van der Waals surface area contributed by atoms with Crippen molar-refractivity contribution in [2.75, 3.05) is 24.6 Å². The van der Waals surface area contributed by atoms with Gasteiger partial charge in [0.2, 0.25) is 5.95 Å². The third-order valence-corrected chi connectivity index (χ3v) is 6.09. The third-order valence-electron chi connectivity index (χ3n) is 6.09. The minimum Gasteiger partial charge on any atom is -0.491 e. The van der Waals surface area contributed by atoms with E-state index in [2.05, 4.69) is 11.8 Å². The van der Waals surface area contributed by atoms with Gasteiger partial charge in [-0.3, -0.25) is 13.9 Å². The maximum Gasteiger partial charge on any atom is 0.332 e. The van der Waals surface area contributed by atoms with Crippen molar-refractivity contribution in [1.29, 1.82) is 0 Å². The summed E-state index contributed by atoms with van der Waals surface area (Å²) in [5, 5.41) is 10.8. The molecule has 0 bridgehead atoms. The number of rotatable bonds is 6. The van der Waals surface area contributed by atoms with Crippen LogP contribution in [0.15, 0.2) is 33.9 Å². The Hall–Kier alpha value is -3.07. The molecule has 0 amide bonds. The van der Waals surface area contributed by atoms with Crippen molar-refractivity contribution in [2.24, 2.45) is 20.0 Å². The molecule has 2 aromatic heterocycles. The minimum absolute atomic E-state index is 0.0745. The Kier molecular flexibility index (Phi) is 6.10. The van der Waals surface area contributed by atoms with Crippen molar-refractivity contribution in [3.05, 3.63) is 50.7 Å². The molecule has 1 aliphatic heterocycles. The van der Waals surface area contributed by atoms with Crippen molar-refractivity contribution in [3.8, 4) is 5.75 Å². The first-order valence-corrected chi connectivity index (χ1v) is 11.0. The third kappa shape index (κ3) is 4.17.